The molecule has 0 radical (unpaired) electrons. The summed E-state index contributed by atoms with van der Waals surface area (Å²) in [5.41, 5.74) is 0. The highest BCUT2D eigenvalue weighted by Gasteiger charge is 2.10. The van der Waals surface area contributed by atoms with Gasteiger partial charge in [-0.15, -0.1) is 0 Å². The number of thiol groups is 1. The molecule has 2 aromatic rings. The maximum Gasteiger partial charge on any atom is 0.460 e. The number of hydrogen-bond acceptors (Lipinski definition) is 6. The third-order valence-corrected chi connectivity index (χ3v) is 2.59. The molecule has 108 valence electrons. The van der Waals surface area contributed by atoms with Gasteiger partial charge in [-0.05, 0) is 24.3 Å². The Morgan fingerprint density at radius 3 is 1.30 bits per heavy atom. The van der Waals surface area contributed by atoms with Crippen molar-refractivity contribution in [2.75, 3.05) is 0 Å². The van der Waals surface area contributed by atoms with Gasteiger partial charge in [0.25, 0.3) is 0 Å². The molecule has 0 aliphatic heterocycles. The van der Waals surface area contributed by atoms with Crippen molar-refractivity contribution in [3.63, 3.8) is 0 Å². The van der Waals surface area contributed by atoms with Crippen LogP contribution in [0.1, 0.15) is 0 Å². The summed E-state index contributed by atoms with van der Waals surface area (Å²) in [4.78, 5) is 24.7. The molecule has 0 amide bonds. The van der Waals surface area contributed by atoms with Crippen molar-refractivity contribution < 1.29 is 23.7 Å². The van der Waals surface area contributed by atoms with Crippen LogP contribution in [0.4, 0.5) is 0 Å². The van der Waals surface area contributed by atoms with Gasteiger partial charge in [0.05, 0.1) is 0 Å². The van der Waals surface area contributed by atoms with Crippen LogP contribution in [0.2, 0.25) is 0 Å². The molecule has 0 bridgehead atoms. The van der Waals surface area contributed by atoms with Crippen LogP contribution in [0.15, 0.2) is 60.7 Å². The first kappa shape index (κ1) is 17.2. The summed E-state index contributed by atoms with van der Waals surface area (Å²) in [6.07, 6.45) is 0. The standard InChI is InChI=1S/C12H11O3P.H3O2PS/c13-16(14-11-7-3-1-4-8-11)15-12-9-5-2-6-10-12;1-3(2)4/h1-10,13H;1-2,4H. The lowest BCUT2D eigenvalue weighted by atomic mass is 10.3. The summed E-state index contributed by atoms with van der Waals surface area (Å²) in [7, 11) is -3.86. The summed E-state index contributed by atoms with van der Waals surface area (Å²) in [6, 6.07) is 18.2. The Morgan fingerprint density at radius 2 is 1.00 bits per heavy atom. The normalized spacial score (nSPS) is 9.90. The van der Waals surface area contributed by atoms with E-state index in [-0.39, 0.29) is 0 Å². The van der Waals surface area contributed by atoms with Crippen LogP contribution in [0.5, 0.6) is 11.5 Å². The molecule has 0 heterocycles. The van der Waals surface area contributed by atoms with Gasteiger partial charge >= 0.3 is 8.60 Å². The molecule has 0 unspecified atom stereocenters. The van der Waals surface area contributed by atoms with Crippen LogP contribution in [0.3, 0.4) is 0 Å². The van der Waals surface area contributed by atoms with Gasteiger partial charge < -0.3 is 23.7 Å². The third-order valence-electron chi connectivity index (χ3n) is 1.85. The van der Waals surface area contributed by atoms with Gasteiger partial charge in [0.15, 0.2) is 0 Å². The minimum Gasteiger partial charge on any atom is -0.418 e. The second-order valence-electron chi connectivity index (χ2n) is 3.31. The SMILES string of the molecule is OP(O)S.OP(Oc1ccccc1)Oc1ccccc1. The van der Waals surface area contributed by atoms with Gasteiger partial charge in [-0.25, -0.2) is 0 Å². The molecule has 0 saturated carbocycles. The number of rotatable bonds is 4. The smallest absolute Gasteiger partial charge is 0.418 e. The summed E-state index contributed by atoms with van der Waals surface area (Å²) < 4.78 is 10.4. The largest absolute Gasteiger partial charge is 0.460 e. The average molecular weight is 332 g/mol. The monoisotopic (exact) mass is 332 g/mol. The first-order valence-electron chi connectivity index (χ1n) is 5.39. The highest BCUT2D eigenvalue weighted by molar-refractivity contribution is 8.41. The third kappa shape index (κ3) is 8.33. The van der Waals surface area contributed by atoms with Crippen LogP contribution >= 0.6 is 28.4 Å². The van der Waals surface area contributed by atoms with Crippen LogP contribution in [-0.4, -0.2) is 14.7 Å². The molecule has 20 heavy (non-hydrogen) atoms. The Kier molecular flexibility index (Phi) is 8.54. The van der Waals surface area contributed by atoms with E-state index in [0.29, 0.717) is 11.5 Å². The van der Waals surface area contributed by atoms with Crippen molar-refractivity contribution in [2.45, 2.75) is 0 Å². The Balaban J connectivity index is 0.000000444. The fourth-order valence-corrected chi connectivity index (χ4v) is 1.80. The zero-order chi connectivity index (χ0) is 14.8. The molecular formula is C12H14O5P2S. The van der Waals surface area contributed by atoms with E-state index in [1.807, 2.05) is 36.4 Å². The van der Waals surface area contributed by atoms with E-state index in [4.69, 9.17) is 18.8 Å². The second kappa shape index (κ2) is 9.94. The average Bonchev–Trinajstić information content (AvgIpc) is 2.40. The molecule has 0 aromatic heterocycles. The van der Waals surface area contributed by atoms with E-state index in [9.17, 15) is 4.89 Å². The summed E-state index contributed by atoms with van der Waals surface area (Å²) in [5.74, 6) is 1.18. The van der Waals surface area contributed by atoms with Gasteiger partial charge in [0.1, 0.15) is 11.5 Å². The summed E-state index contributed by atoms with van der Waals surface area (Å²) in [6.45, 7) is 0. The van der Waals surface area contributed by atoms with Gasteiger partial charge in [-0.1, -0.05) is 48.6 Å². The maximum absolute atomic E-state index is 9.58. The molecule has 2 rings (SSSR count). The highest BCUT2D eigenvalue weighted by atomic mass is 32.7. The van der Waals surface area contributed by atoms with Crippen LogP contribution in [0, 0.1) is 0 Å². The fourth-order valence-electron chi connectivity index (χ4n) is 1.16. The molecule has 0 fully saturated rings. The van der Waals surface area contributed by atoms with Crippen LogP contribution in [-0.2, 0) is 0 Å². The van der Waals surface area contributed by atoms with E-state index in [1.165, 1.54) is 0 Å². The minimum absolute atomic E-state index is 0.590. The zero-order valence-corrected chi connectivity index (χ0v) is 13.0. The Morgan fingerprint density at radius 1 is 0.700 bits per heavy atom. The van der Waals surface area contributed by atoms with E-state index >= 15 is 0 Å². The summed E-state index contributed by atoms with van der Waals surface area (Å²) >= 11 is 3.14. The molecule has 0 atom stereocenters. The van der Waals surface area contributed by atoms with Gasteiger partial charge in [-0.3, -0.25) is 0 Å². The van der Waals surface area contributed by atoms with Crippen molar-refractivity contribution in [2.24, 2.45) is 0 Å². The lowest BCUT2D eigenvalue weighted by Gasteiger charge is -2.11. The predicted octanol–water partition coefficient (Wildman–Crippen LogP) is 3.49. The van der Waals surface area contributed by atoms with Crippen molar-refractivity contribution in [1.82, 2.24) is 0 Å². The van der Waals surface area contributed by atoms with E-state index in [0.717, 1.165) is 0 Å². The van der Waals surface area contributed by atoms with Crippen molar-refractivity contribution in [1.29, 1.82) is 0 Å². The van der Waals surface area contributed by atoms with E-state index < -0.39 is 16.2 Å². The molecule has 0 saturated heterocycles. The molecule has 0 spiro atoms. The second-order valence-corrected chi connectivity index (χ2v) is 5.77. The zero-order valence-electron chi connectivity index (χ0n) is 10.3. The first-order chi connectivity index (χ1) is 9.58. The number of benzene rings is 2. The topological polar surface area (TPSA) is 79.2 Å². The molecular weight excluding hydrogens is 318 g/mol. The molecule has 8 heteroatoms. The first-order valence-corrected chi connectivity index (χ1v) is 8.93. The lowest BCUT2D eigenvalue weighted by molar-refractivity contribution is 0.382. The Hall–Kier alpha value is -0.870. The van der Waals surface area contributed by atoms with Gasteiger partial charge in [0.2, 0.25) is 7.58 Å². The highest BCUT2D eigenvalue weighted by Crippen LogP contribution is 2.35. The Labute approximate surface area is 124 Å². The van der Waals surface area contributed by atoms with Crippen LogP contribution in [0.25, 0.3) is 0 Å². The maximum atomic E-state index is 9.58. The van der Waals surface area contributed by atoms with E-state index in [1.54, 1.807) is 24.3 Å². The molecule has 0 aliphatic rings. The van der Waals surface area contributed by atoms with Crippen LogP contribution < -0.4 is 9.05 Å². The molecule has 3 N–H and O–H groups in total. The number of hydrogen-bond donors (Lipinski definition) is 4. The lowest BCUT2D eigenvalue weighted by Crippen LogP contribution is -1.93. The van der Waals surface area contributed by atoms with Gasteiger partial charge in [-0.2, -0.15) is 0 Å². The van der Waals surface area contributed by atoms with E-state index in [2.05, 4.69) is 12.2 Å². The fraction of sp³-hybridized carbons (Fsp3) is 0. The van der Waals surface area contributed by atoms with Gasteiger partial charge in [0, 0.05) is 0 Å². The summed E-state index contributed by atoms with van der Waals surface area (Å²) in [5, 5.41) is 0. The molecule has 0 aliphatic carbocycles. The van der Waals surface area contributed by atoms with Crippen molar-refractivity contribution >= 4 is 28.4 Å². The Bertz CT molecular complexity index is 428. The number of para-hydroxylation sites is 2. The van der Waals surface area contributed by atoms with Crippen molar-refractivity contribution in [3.8, 4) is 11.5 Å². The molecule has 5 nitrogen and oxygen atoms in total. The predicted molar refractivity (Wildman–Crippen MR) is 83.6 cm³/mol. The minimum atomic E-state index is -1.93. The molecule has 2 aromatic carbocycles. The quantitative estimate of drug-likeness (QED) is 0.509. The van der Waals surface area contributed by atoms with Crippen molar-refractivity contribution in [3.05, 3.63) is 60.7 Å².